The average molecular weight is 330 g/mol. The van der Waals surface area contributed by atoms with Crippen molar-refractivity contribution in [1.82, 2.24) is 0 Å². The van der Waals surface area contributed by atoms with Crippen molar-refractivity contribution in [3.05, 3.63) is 75.3 Å². The van der Waals surface area contributed by atoms with E-state index in [1.807, 2.05) is 18.2 Å². The highest BCUT2D eigenvalue weighted by atomic mass is 35.5. The quantitative estimate of drug-likeness (QED) is 0.620. The lowest BCUT2D eigenvalue weighted by Gasteiger charge is -2.38. The molecule has 1 heterocycles. The maximum atomic E-state index is 6.46. The van der Waals surface area contributed by atoms with Crippen LogP contribution in [0.4, 0.5) is 5.69 Å². The molecule has 0 bridgehead atoms. The van der Waals surface area contributed by atoms with Gasteiger partial charge < -0.3 is 5.32 Å². The first-order valence-electron chi connectivity index (χ1n) is 7.63. The maximum absolute atomic E-state index is 6.46. The Hall–Kier alpha value is -1.44. The van der Waals surface area contributed by atoms with Crippen LogP contribution in [0, 0.1) is 12.8 Å². The largest absolute Gasteiger partial charge is 0.377 e. The molecule has 2 aliphatic rings. The number of rotatable bonds is 1. The summed E-state index contributed by atoms with van der Waals surface area (Å²) >= 11 is 12.8. The lowest BCUT2D eigenvalue weighted by Crippen LogP contribution is -2.29. The first-order chi connectivity index (χ1) is 10.7. The van der Waals surface area contributed by atoms with Crippen LogP contribution in [0.1, 0.15) is 35.1 Å². The Morgan fingerprint density at radius 1 is 1.00 bits per heavy atom. The fourth-order valence-corrected chi connectivity index (χ4v) is 4.23. The van der Waals surface area contributed by atoms with Gasteiger partial charge in [0.1, 0.15) is 0 Å². The van der Waals surface area contributed by atoms with Crippen LogP contribution in [-0.2, 0) is 0 Å². The summed E-state index contributed by atoms with van der Waals surface area (Å²) in [5.74, 6) is 0.946. The monoisotopic (exact) mass is 329 g/mol. The van der Waals surface area contributed by atoms with E-state index in [0.717, 1.165) is 22.0 Å². The van der Waals surface area contributed by atoms with Gasteiger partial charge >= 0.3 is 0 Å². The first-order valence-corrected chi connectivity index (χ1v) is 8.39. The number of hydrogen-bond acceptors (Lipinski definition) is 1. The van der Waals surface area contributed by atoms with Crippen LogP contribution < -0.4 is 5.32 Å². The Labute approximate surface area is 140 Å². The molecule has 1 nitrogen and oxygen atoms in total. The fourth-order valence-electron chi connectivity index (χ4n) is 3.82. The van der Waals surface area contributed by atoms with E-state index < -0.39 is 0 Å². The Kier molecular flexibility index (Phi) is 3.43. The van der Waals surface area contributed by atoms with Gasteiger partial charge in [-0.25, -0.2) is 0 Å². The van der Waals surface area contributed by atoms with Gasteiger partial charge in [-0.3, -0.25) is 0 Å². The number of halogens is 2. The van der Waals surface area contributed by atoms with Gasteiger partial charge in [-0.2, -0.15) is 0 Å². The van der Waals surface area contributed by atoms with Gasteiger partial charge in [0.25, 0.3) is 0 Å². The minimum absolute atomic E-state index is 0.221. The van der Waals surface area contributed by atoms with Crippen LogP contribution in [0.5, 0.6) is 0 Å². The molecule has 0 saturated heterocycles. The van der Waals surface area contributed by atoms with Crippen LogP contribution in [0.15, 0.2) is 48.6 Å². The first kappa shape index (κ1) is 14.2. The zero-order valence-electron chi connectivity index (χ0n) is 12.3. The SMILES string of the molecule is Cc1c(Cl)ccc2c1N[C@H](c1ccccc1Cl)[C@@H]1CC=C[C@@H]21. The number of fused-ring (bicyclic) bond motifs is 3. The van der Waals surface area contributed by atoms with Crippen molar-refractivity contribution < 1.29 is 0 Å². The Morgan fingerprint density at radius 3 is 2.64 bits per heavy atom. The molecule has 1 aliphatic heterocycles. The number of hydrogen-bond donors (Lipinski definition) is 1. The van der Waals surface area contributed by atoms with E-state index in [1.165, 1.54) is 16.8 Å². The van der Waals surface area contributed by atoms with Gasteiger partial charge in [0.2, 0.25) is 0 Å². The fraction of sp³-hybridized carbons (Fsp3) is 0.263. The predicted molar refractivity (Wildman–Crippen MR) is 94.0 cm³/mol. The molecule has 0 unspecified atom stereocenters. The molecule has 0 amide bonds. The molecule has 3 heteroatoms. The average Bonchev–Trinajstić information content (AvgIpc) is 3.00. The summed E-state index contributed by atoms with van der Waals surface area (Å²) in [4.78, 5) is 0. The number of benzene rings is 2. The van der Waals surface area contributed by atoms with Crippen molar-refractivity contribution in [2.45, 2.75) is 25.3 Å². The van der Waals surface area contributed by atoms with Gasteiger partial charge in [-0.1, -0.05) is 59.6 Å². The van der Waals surface area contributed by atoms with Crippen LogP contribution in [0.25, 0.3) is 0 Å². The van der Waals surface area contributed by atoms with Crippen molar-refractivity contribution in [2.75, 3.05) is 5.32 Å². The van der Waals surface area contributed by atoms with Crippen molar-refractivity contribution in [2.24, 2.45) is 5.92 Å². The van der Waals surface area contributed by atoms with Crippen molar-refractivity contribution >= 4 is 28.9 Å². The minimum atomic E-state index is 0.221. The van der Waals surface area contributed by atoms with E-state index in [9.17, 15) is 0 Å². The molecular formula is C19H17Cl2N. The van der Waals surface area contributed by atoms with Crippen LogP contribution in [0.2, 0.25) is 10.0 Å². The van der Waals surface area contributed by atoms with Crippen molar-refractivity contribution in [3.8, 4) is 0 Å². The molecular weight excluding hydrogens is 313 g/mol. The maximum Gasteiger partial charge on any atom is 0.0568 e. The van der Waals surface area contributed by atoms with E-state index in [-0.39, 0.29) is 6.04 Å². The third-order valence-corrected chi connectivity index (χ3v) is 5.73. The summed E-state index contributed by atoms with van der Waals surface area (Å²) in [6.07, 6.45) is 5.70. The Morgan fingerprint density at radius 2 is 1.82 bits per heavy atom. The van der Waals surface area contributed by atoms with Crippen LogP contribution >= 0.6 is 23.2 Å². The summed E-state index contributed by atoms with van der Waals surface area (Å²) in [5.41, 5.74) is 4.82. The van der Waals surface area contributed by atoms with E-state index >= 15 is 0 Å². The second kappa shape index (κ2) is 5.33. The van der Waals surface area contributed by atoms with E-state index in [4.69, 9.17) is 23.2 Å². The third kappa shape index (κ3) is 2.07. The van der Waals surface area contributed by atoms with Gasteiger partial charge in [0, 0.05) is 21.7 Å². The normalized spacial score (nSPS) is 25.5. The van der Waals surface area contributed by atoms with Crippen molar-refractivity contribution in [3.63, 3.8) is 0 Å². The molecule has 2 aromatic carbocycles. The van der Waals surface area contributed by atoms with E-state index in [0.29, 0.717) is 11.8 Å². The summed E-state index contributed by atoms with van der Waals surface area (Å²) in [6.45, 7) is 2.08. The second-order valence-electron chi connectivity index (χ2n) is 6.13. The number of allylic oxidation sites excluding steroid dienone is 2. The van der Waals surface area contributed by atoms with E-state index in [1.54, 1.807) is 0 Å². The van der Waals surface area contributed by atoms with Gasteiger partial charge in [-0.15, -0.1) is 0 Å². The topological polar surface area (TPSA) is 12.0 Å². The summed E-state index contributed by atoms with van der Waals surface area (Å²) in [5, 5.41) is 5.36. The highest BCUT2D eigenvalue weighted by Crippen LogP contribution is 2.52. The third-order valence-electron chi connectivity index (χ3n) is 4.97. The molecule has 112 valence electrons. The molecule has 2 aromatic rings. The molecule has 0 fully saturated rings. The van der Waals surface area contributed by atoms with Crippen LogP contribution in [0.3, 0.4) is 0 Å². The standard InChI is InChI=1S/C19H17Cl2N/c1-11-16(20)10-9-14-12-6-4-7-13(12)19(22-18(11)14)15-5-2-3-8-17(15)21/h2-6,8-10,12-13,19,22H,7H2,1H3/t12-,13-,19+/m1/s1. The zero-order chi connectivity index (χ0) is 15.3. The minimum Gasteiger partial charge on any atom is -0.377 e. The van der Waals surface area contributed by atoms with Crippen molar-refractivity contribution in [1.29, 1.82) is 0 Å². The highest BCUT2D eigenvalue weighted by Gasteiger charge is 2.39. The molecule has 0 spiro atoms. The lowest BCUT2D eigenvalue weighted by molar-refractivity contribution is 0.425. The lowest BCUT2D eigenvalue weighted by atomic mass is 9.76. The van der Waals surface area contributed by atoms with Gasteiger partial charge in [0.15, 0.2) is 0 Å². The summed E-state index contributed by atoms with van der Waals surface area (Å²) in [6, 6.07) is 12.5. The molecule has 1 N–H and O–H groups in total. The van der Waals surface area contributed by atoms with Crippen LogP contribution in [-0.4, -0.2) is 0 Å². The highest BCUT2D eigenvalue weighted by molar-refractivity contribution is 6.32. The second-order valence-corrected chi connectivity index (χ2v) is 6.95. The number of nitrogens with one attached hydrogen (secondary N) is 1. The Bertz CT molecular complexity index is 766. The molecule has 1 aliphatic carbocycles. The van der Waals surface area contributed by atoms with Gasteiger partial charge in [-0.05, 0) is 48.1 Å². The smallest absolute Gasteiger partial charge is 0.0568 e. The molecule has 22 heavy (non-hydrogen) atoms. The predicted octanol–water partition coefficient (Wildman–Crippen LogP) is 6.13. The summed E-state index contributed by atoms with van der Waals surface area (Å²) in [7, 11) is 0. The summed E-state index contributed by atoms with van der Waals surface area (Å²) < 4.78 is 0. The van der Waals surface area contributed by atoms with Gasteiger partial charge in [0.05, 0.1) is 6.04 Å². The zero-order valence-corrected chi connectivity index (χ0v) is 13.8. The molecule has 4 rings (SSSR count). The number of anilines is 1. The molecule has 0 aromatic heterocycles. The van der Waals surface area contributed by atoms with E-state index in [2.05, 4.69) is 42.6 Å². The Balaban J connectivity index is 1.87. The molecule has 0 saturated carbocycles. The molecule has 0 radical (unpaired) electrons. The molecule has 3 atom stereocenters.